The monoisotopic (exact) mass is 375 g/mol. The van der Waals surface area contributed by atoms with Crippen molar-refractivity contribution in [3.8, 4) is 0 Å². The van der Waals surface area contributed by atoms with E-state index in [1.165, 1.54) is 6.07 Å². The van der Waals surface area contributed by atoms with Crippen molar-refractivity contribution in [2.24, 2.45) is 5.14 Å². The number of carbonyl (C=O) groups excluding carboxylic acids is 1. The number of benzene rings is 1. The first-order valence-corrected chi connectivity index (χ1v) is 10.1. The predicted molar refractivity (Wildman–Crippen MR) is 101 cm³/mol. The summed E-state index contributed by atoms with van der Waals surface area (Å²) in [5.74, 6) is -0.331. The van der Waals surface area contributed by atoms with Gasteiger partial charge in [0.2, 0.25) is 10.0 Å². The highest BCUT2D eigenvalue weighted by molar-refractivity contribution is 7.89. The van der Waals surface area contributed by atoms with Crippen molar-refractivity contribution in [1.29, 1.82) is 0 Å². The molecule has 1 atom stereocenters. The van der Waals surface area contributed by atoms with Gasteiger partial charge in [0.15, 0.2) is 0 Å². The maximum atomic E-state index is 12.8. The van der Waals surface area contributed by atoms with Crippen LogP contribution in [0.3, 0.4) is 0 Å². The van der Waals surface area contributed by atoms with E-state index < -0.39 is 10.0 Å². The second kappa shape index (κ2) is 8.42. The molecular formula is C19H25N3O3S. The molecule has 0 fully saturated rings. The van der Waals surface area contributed by atoms with Gasteiger partial charge >= 0.3 is 0 Å². The Labute approximate surface area is 154 Å². The minimum atomic E-state index is -3.90. The van der Waals surface area contributed by atoms with E-state index in [9.17, 15) is 13.2 Å². The fourth-order valence-electron chi connectivity index (χ4n) is 2.81. The average Bonchev–Trinajstić information content (AvgIpc) is 2.60. The van der Waals surface area contributed by atoms with Gasteiger partial charge in [-0.15, -0.1) is 0 Å². The Bertz CT molecular complexity index is 880. The number of carbonyl (C=O) groups is 1. The molecule has 0 aliphatic heterocycles. The minimum Gasteiger partial charge on any atom is -0.345 e. The van der Waals surface area contributed by atoms with Crippen LogP contribution in [0.25, 0.3) is 0 Å². The van der Waals surface area contributed by atoms with Gasteiger partial charge in [-0.3, -0.25) is 9.78 Å². The number of hydrogen-bond donors (Lipinski definition) is 2. The van der Waals surface area contributed by atoms with Gasteiger partial charge in [0, 0.05) is 18.0 Å². The van der Waals surface area contributed by atoms with Gasteiger partial charge in [-0.1, -0.05) is 25.8 Å². The Morgan fingerprint density at radius 1 is 1.31 bits per heavy atom. The van der Waals surface area contributed by atoms with Gasteiger partial charge < -0.3 is 5.32 Å². The summed E-state index contributed by atoms with van der Waals surface area (Å²) in [4.78, 5) is 16.9. The predicted octanol–water partition coefficient (Wildman–Crippen LogP) is 3.01. The molecule has 0 spiro atoms. The highest BCUT2D eigenvalue weighted by Crippen LogP contribution is 2.22. The van der Waals surface area contributed by atoms with E-state index >= 15 is 0 Å². The van der Waals surface area contributed by atoms with Crippen LogP contribution in [0, 0.1) is 13.8 Å². The van der Waals surface area contributed by atoms with E-state index in [2.05, 4.69) is 17.2 Å². The number of pyridine rings is 1. The van der Waals surface area contributed by atoms with Gasteiger partial charge in [0.05, 0.1) is 10.9 Å². The van der Waals surface area contributed by atoms with Crippen molar-refractivity contribution >= 4 is 15.9 Å². The zero-order chi connectivity index (χ0) is 19.3. The summed E-state index contributed by atoms with van der Waals surface area (Å²) < 4.78 is 23.6. The molecule has 1 amide bonds. The number of hydrogen-bond acceptors (Lipinski definition) is 4. The molecule has 2 rings (SSSR count). The lowest BCUT2D eigenvalue weighted by molar-refractivity contribution is 0.0933. The van der Waals surface area contributed by atoms with Gasteiger partial charge in [-0.05, 0) is 55.2 Å². The molecule has 2 aromatic rings. The van der Waals surface area contributed by atoms with Crippen LogP contribution in [-0.2, 0) is 10.0 Å². The lowest BCUT2D eigenvalue weighted by atomic mass is 10.0. The second-order valence-electron chi connectivity index (χ2n) is 6.42. The van der Waals surface area contributed by atoms with E-state index in [1.807, 2.05) is 12.1 Å². The topological polar surface area (TPSA) is 102 Å². The van der Waals surface area contributed by atoms with Crippen LogP contribution in [0.4, 0.5) is 0 Å². The summed E-state index contributed by atoms with van der Waals surface area (Å²) in [7, 11) is -3.90. The van der Waals surface area contributed by atoms with E-state index in [0.717, 1.165) is 24.8 Å². The fraction of sp³-hybridized carbons (Fsp3) is 0.368. The van der Waals surface area contributed by atoms with Gasteiger partial charge in [0.25, 0.3) is 5.91 Å². The molecule has 26 heavy (non-hydrogen) atoms. The van der Waals surface area contributed by atoms with E-state index in [-0.39, 0.29) is 22.4 Å². The first kappa shape index (κ1) is 20.1. The second-order valence-corrected chi connectivity index (χ2v) is 7.95. The van der Waals surface area contributed by atoms with Crippen LogP contribution in [-0.4, -0.2) is 19.3 Å². The van der Waals surface area contributed by atoms with Crippen LogP contribution >= 0.6 is 0 Å². The number of rotatable bonds is 7. The molecule has 0 saturated heterocycles. The zero-order valence-electron chi connectivity index (χ0n) is 15.3. The van der Waals surface area contributed by atoms with Crippen LogP contribution in [0.1, 0.15) is 59.3 Å². The van der Waals surface area contributed by atoms with Crippen LogP contribution in [0.2, 0.25) is 0 Å². The van der Waals surface area contributed by atoms with Crippen LogP contribution in [0.5, 0.6) is 0 Å². The molecule has 0 unspecified atom stereocenters. The first-order chi connectivity index (χ1) is 12.2. The Kier molecular flexibility index (Phi) is 6.50. The standard InChI is InChI=1S/C19H25N3O3S/c1-4-5-8-17(15-7-6-9-21-12-15)22-19(23)16-10-13(2)14(3)18(11-16)26(20,24)25/h6-7,9-12,17H,4-5,8H2,1-3H3,(H,22,23)(H2,20,24,25)/t17-/m1/s1. The average molecular weight is 375 g/mol. The summed E-state index contributed by atoms with van der Waals surface area (Å²) in [5, 5.41) is 8.28. The summed E-state index contributed by atoms with van der Waals surface area (Å²) >= 11 is 0. The van der Waals surface area contributed by atoms with Crippen molar-refractivity contribution in [2.75, 3.05) is 0 Å². The van der Waals surface area contributed by atoms with Crippen molar-refractivity contribution in [3.63, 3.8) is 0 Å². The van der Waals surface area contributed by atoms with Crippen molar-refractivity contribution < 1.29 is 13.2 Å². The number of nitrogens with one attached hydrogen (secondary N) is 1. The lowest BCUT2D eigenvalue weighted by Crippen LogP contribution is -2.29. The number of aromatic nitrogens is 1. The molecule has 140 valence electrons. The number of nitrogens with two attached hydrogens (primary N) is 1. The van der Waals surface area contributed by atoms with Crippen molar-refractivity contribution in [3.05, 3.63) is 58.9 Å². The maximum Gasteiger partial charge on any atom is 0.251 e. The highest BCUT2D eigenvalue weighted by atomic mass is 32.2. The summed E-state index contributed by atoms with van der Waals surface area (Å²) in [6.07, 6.45) is 6.16. The molecule has 1 aromatic carbocycles. The summed E-state index contributed by atoms with van der Waals surface area (Å²) in [6.45, 7) is 5.52. The number of nitrogens with zero attached hydrogens (tertiary/aromatic N) is 1. The molecule has 1 aromatic heterocycles. The molecule has 7 heteroatoms. The zero-order valence-corrected chi connectivity index (χ0v) is 16.1. The van der Waals surface area contributed by atoms with Gasteiger partial charge in [-0.2, -0.15) is 0 Å². The summed E-state index contributed by atoms with van der Waals surface area (Å²) in [5.41, 5.74) is 2.46. The Hall–Kier alpha value is -2.25. The van der Waals surface area contributed by atoms with Gasteiger partial charge in [0.1, 0.15) is 0 Å². The van der Waals surface area contributed by atoms with E-state index in [4.69, 9.17) is 5.14 Å². The molecule has 6 nitrogen and oxygen atoms in total. The fourth-order valence-corrected chi connectivity index (χ4v) is 3.69. The Balaban J connectivity index is 2.34. The molecule has 0 saturated carbocycles. The number of primary sulfonamides is 1. The van der Waals surface area contributed by atoms with Crippen molar-refractivity contribution in [2.45, 2.75) is 51.0 Å². The highest BCUT2D eigenvalue weighted by Gasteiger charge is 2.20. The first-order valence-electron chi connectivity index (χ1n) is 8.59. The summed E-state index contributed by atoms with van der Waals surface area (Å²) in [6, 6.07) is 6.59. The molecule has 3 N–H and O–H groups in total. The number of aryl methyl sites for hydroxylation is 1. The SMILES string of the molecule is CCCC[C@@H](NC(=O)c1cc(C)c(C)c(S(N)(=O)=O)c1)c1cccnc1. The third-order valence-electron chi connectivity index (χ3n) is 4.43. The third kappa shape index (κ3) is 4.89. The van der Waals surface area contributed by atoms with Gasteiger partial charge in [-0.25, -0.2) is 13.6 Å². The quantitative estimate of drug-likeness (QED) is 0.776. The van der Waals surface area contributed by atoms with Crippen LogP contribution in [0.15, 0.2) is 41.6 Å². The number of amides is 1. The van der Waals surface area contributed by atoms with Crippen molar-refractivity contribution in [1.82, 2.24) is 10.3 Å². The lowest BCUT2D eigenvalue weighted by Gasteiger charge is -2.19. The van der Waals surface area contributed by atoms with E-state index in [1.54, 1.807) is 32.3 Å². The molecule has 0 aliphatic carbocycles. The maximum absolute atomic E-state index is 12.8. The molecular weight excluding hydrogens is 350 g/mol. The van der Waals surface area contributed by atoms with Crippen LogP contribution < -0.4 is 10.5 Å². The molecule has 0 bridgehead atoms. The smallest absolute Gasteiger partial charge is 0.251 e. The largest absolute Gasteiger partial charge is 0.345 e. The van der Waals surface area contributed by atoms with E-state index in [0.29, 0.717) is 11.1 Å². The Morgan fingerprint density at radius 2 is 2.04 bits per heavy atom. The number of unbranched alkanes of at least 4 members (excludes halogenated alkanes) is 1. The number of sulfonamides is 1. The minimum absolute atomic E-state index is 0.0193. The Morgan fingerprint density at radius 3 is 2.62 bits per heavy atom. The molecule has 0 radical (unpaired) electrons. The third-order valence-corrected chi connectivity index (χ3v) is 5.46. The molecule has 1 heterocycles. The molecule has 0 aliphatic rings. The normalized spacial score (nSPS) is 12.6.